The van der Waals surface area contributed by atoms with Crippen LogP contribution >= 0.6 is 23.2 Å². The van der Waals surface area contributed by atoms with Crippen LogP contribution in [-0.4, -0.2) is 41.3 Å². The predicted octanol–water partition coefficient (Wildman–Crippen LogP) is 4.04. The highest BCUT2D eigenvalue weighted by Gasteiger charge is 2.31. The van der Waals surface area contributed by atoms with Gasteiger partial charge in [0.05, 0.1) is 17.8 Å². The predicted molar refractivity (Wildman–Crippen MR) is 129 cm³/mol. The Balaban J connectivity index is 1.32. The molecule has 1 saturated heterocycles. The number of hydrogen-bond donors (Lipinski definition) is 1. The Morgan fingerprint density at radius 3 is 2.55 bits per heavy atom. The second-order valence-electron chi connectivity index (χ2n) is 7.98. The molecule has 1 fully saturated rings. The van der Waals surface area contributed by atoms with Crippen LogP contribution in [0.25, 0.3) is 5.69 Å². The molecular formula is C23H24Cl2N4O3S. The molecule has 1 aliphatic rings. The summed E-state index contributed by atoms with van der Waals surface area (Å²) in [5.74, 6) is -0.477. The lowest BCUT2D eigenvalue weighted by atomic mass is 9.97. The number of rotatable bonds is 7. The van der Waals surface area contributed by atoms with Crippen LogP contribution in [0.1, 0.15) is 24.0 Å². The van der Waals surface area contributed by atoms with E-state index in [1.54, 1.807) is 24.7 Å². The lowest BCUT2D eigenvalue weighted by molar-refractivity contribution is -0.126. The van der Waals surface area contributed by atoms with E-state index in [1.807, 2.05) is 35.0 Å². The molecule has 0 bridgehead atoms. The molecule has 0 unspecified atom stereocenters. The smallest absolute Gasteiger partial charge is 0.223 e. The summed E-state index contributed by atoms with van der Waals surface area (Å²) in [5, 5.41) is 3.80. The largest absolute Gasteiger partial charge is 0.352 e. The highest BCUT2D eigenvalue weighted by molar-refractivity contribution is 7.88. The highest BCUT2D eigenvalue weighted by atomic mass is 35.5. The molecule has 33 heavy (non-hydrogen) atoms. The zero-order valence-corrected chi connectivity index (χ0v) is 20.2. The Kier molecular flexibility index (Phi) is 7.38. The fourth-order valence-electron chi connectivity index (χ4n) is 3.96. The van der Waals surface area contributed by atoms with Crippen molar-refractivity contribution in [2.45, 2.75) is 25.1 Å². The quantitative estimate of drug-likeness (QED) is 0.523. The fraction of sp³-hybridized carbons (Fsp3) is 0.304. The SMILES string of the molecule is O=C(NCc1ccccc1-n1ccnc1)C1CCN(S(=O)(=O)Cc2ccc(Cl)cc2Cl)CC1. The van der Waals surface area contributed by atoms with Crippen molar-refractivity contribution in [1.82, 2.24) is 19.2 Å². The van der Waals surface area contributed by atoms with Crippen molar-refractivity contribution in [1.29, 1.82) is 0 Å². The van der Waals surface area contributed by atoms with Gasteiger partial charge in [0, 0.05) is 48.0 Å². The van der Waals surface area contributed by atoms with E-state index in [4.69, 9.17) is 23.2 Å². The van der Waals surface area contributed by atoms with Crippen LogP contribution < -0.4 is 5.32 Å². The minimum atomic E-state index is -3.54. The Bertz CT molecular complexity index is 1220. The van der Waals surface area contributed by atoms with Crippen LogP contribution in [0.2, 0.25) is 10.0 Å². The van der Waals surface area contributed by atoms with E-state index in [0.717, 1.165) is 11.3 Å². The third-order valence-electron chi connectivity index (χ3n) is 5.80. The second-order valence-corrected chi connectivity index (χ2v) is 10.8. The summed E-state index contributed by atoms with van der Waals surface area (Å²) in [6, 6.07) is 12.6. The maximum Gasteiger partial charge on any atom is 0.223 e. The number of nitrogens with zero attached hydrogens (tertiary/aromatic N) is 3. The number of para-hydroxylation sites is 1. The van der Waals surface area contributed by atoms with Gasteiger partial charge >= 0.3 is 0 Å². The number of imidazole rings is 1. The molecule has 3 aromatic rings. The molecule has 0 radical (unpaired) electrons. The number of hydrogen-bond acceptors (Lipinski definition) is 4. The van der Waals surface area contributed by atoms with Crippen LogP contribution in [-0.2, 0) is 27.1 Å². The fourth-order valence-corrected chi connectivity index (χ4v) is 6.11. The van der Waals surface area contributed by atoms with E-state index in [9.17, 15) is 13.2 Å². The van der Waals surface area contributed by atoms with Crippen molar-refractivity contribution < 1.29 is 13.2 Å². The molecule has 0 aliphatic carbocycles. The van der Waals surface area contributed by atoms with Gasteiger partial charge in [0.2, 0.25) is 15.9 Å². The number of nitrogens with one attached hydrogen (secondary N) is 1. The van der Waals surface area contributed by atoms with Gasteiger partial charge in [0.1, 0.15) is 0 Å². The third kappa shape index (κ3) is 5.76. The third-order valence-corrected chi connectivity index (χ3v) is 8.21. The molecule has 7 nitrogen and oxygen atoms in total. The monoisotopic (exact) mass is 506 g/mol. The Hall–Kier alpha value is -2.39. The van der Waals surface area contributed by atoms with Gasteiger partial charge in [0.25, 0.3) is 0 Å². The van der Waals surface area contributed by atoms with Crippen molar-refractivity contribution in [2.24, 2.45) is 5.92 Å². The molecule has 0 spiro atoms. The van der Waals surface area contributed by atoms with E-state index < -0.39 is 10.0 Å². The molecule has 1 amide bonds. The van der Waals surface area contributed by atoms with Gasteiger partial charge in [-0.05, 0) is 42.2 Å². The lowest BCUT2D eigenvalue weighted by Crippen LogP contribution is -2.43. The summed E-state index contributed by atoms with van der Waals surface area (Å²) in [6.45, 7) is 0.995. The van der Waals surface area contributed by atoms with E-state index in [2.05, 4.69) is 10.3 Å². The van der Waals surface area contributed by atoms with Crippen molar-refractivity contribution in [3.8, 4) is 5.69 Å². The van der Waals surface area contributed by atoms with Gasteiger partial charge in [-0.15, -0.1) is 0 Å². The lowest BCUT2D eigenvalue weighted by Gasteiger charge is -2.30. The number of amides is 1. The summed E-state index contributed by atoms with van der Waals surface area (Å²) in [4.78, 5) is 16.8. The molecular weight excluding hydrogens is 483 g/mol. The zero-order chi connectivity index (χ0) is 23.4. The van der Waals surface area contributed by atoms with Gasteiger partial charge in [0.15, 0.2) is 0 Å². The Morgan fingerprint density at radius 2 is 1.85 bits per heavy atom. The average molecular weight is 507 g/mol. The standard InChI is InChI=1S/C23H24Cl2N4O3S/c24-20-6-5-19(21(25)13-20)15-33(31,32)29-10-7-17(8-11-29)23(30)27-14-18-3-1-2-4-22(18)28-12-9-26-16-28/h1-6,9,12-13,16-17H,7-8,10-11,14-15H2,(H,27,30). The minimum Gasteiger partial charge on any atom is -0.352 e. The molecule has 10 heteroatoms. The van der Waals surface area contributed by atoms with Gasteiger partial charge in [-0.1, -0.05) is 47.5 Å². The van der Waals surface area contributed by atoms with Crippen LogP contribution in [0.5, 0.6) is 0 Å². The number of aromatic nitrogens is 2. The van der Waals surface area contributed by atoms with Crippen molar-refractivity contribution in [3.63, 3.8) is 0 Å². The first-order chi connectivity index (χ1) is 15.8. The van der Waals surface area contributed by atoms with E-state index in [0.29, 0.717) is 48.1 Å². The van der Waals surface area contributed by atoms with Gasteiger partial charge in [-0.2, -0.15) is 0 Å². The van der Waals surface area contributed by atoms with Crippen molar-refractivity contribution in [3.05, 3.63) is 82.4 Å². The number of carbonyl (C=O) groups excluding carboxylic acids is 1. The number of benzene rings is 2. The molecule has 1 N–H and O–H groups in total. The molecule has 2 heterocycles. The Labute approximate surface area is 203 Å². The summed E-state index contributed by atoms with van der Waals surface area (Å²) in [7, 11) is -3.54. The van der Waals surface area contributed by atoms with Gasteiger partial charge in [-0.3, -0.25) is 4.79 Å². The first-order valence-electron chi connectivity index (χ1n) is 10.6. The topological polar surface area (TPSA) is 84.3 Å². The second kappa shape index (κ2) is 10.3. The zero-order valence-electron chi connectivity index (χ0n) is 17.8. The number of piperidine rings is 1. The maximum atomic E-state index is 12.9. The Morgan fingerprint density at radius 1 is 1.09 bits per heavy atom. The highest BCUT2D eigenvalue weighted by Crippen LogP contribution is 2.26. The number of carbonyl (C=O) groups is 1. The maximum absolute atomic E-state index is 12.9. The molecule has 1 aliphatic heterocycles. The first kappa shape index (κ1) is 23.8. The molecule has 2 aromatic carbocycles. The number of halogens is 2. The van der Waals surface area contributed by atoms with Gasteiger partial charge in [-0.25, -0.2) is 17.7 Å². The number of sulfonamides is 1. The molecule has 0 atom stereocenters. The van der Waals surface area contributed by atoms with Crippen LogP contribution in [0.3, 0.4) is 0 Å². The van der Waals surface area contributed by atoms with Gasteiger partial charge < -0.3 is 9.88 Å². The van der Waals surface area contributed by atoms with E-state index in [1.165, 1.54) is 10.4 Å². The van der Waals surface area contributed by atoms with Crippen molar-refractivity contribution in [2.75, 3.05) is 13.1 Å². The summed E-state index contributed by atoms with van der Waals surface area (Å²) in [6.07, 6.45) is 6.23. The molecule has 1 aromatic heterocycles. The minimum absolute atomic E-state index is 0.0618. The van der Waals surface area contributed by atoms with Crippen molar-refractivity contribution >= 4 is 39.1 Å². The van der Waals surface area contributed by atoms with Crippen LogP contribution in [0.4, 0.5) is 0 Å². The molecule has 174 valence electrons. The van der Waals surface area contributed by atoms with E-state index in [-0.39, 0.29) is 17.6 Å². The van der Waals surface area contributed by atoms with Crippen LogP contribution in [0, 0.1) is 5.92 Å². The summed E-state index contributed by atoms with van der Waals surface area (Å²) in [5.41, 5.74) is 2.44. The molecule has 0 saturated carbocycles. The summed E-state index contributed by atoms with van der Waals surface area (Å²) >= 11 is 12.0. The summed E-state index contributed by atoms with van der Waals surface area (Å²) < 4.78 is 29.1. The normalized spacial score (nSPS) is 15.5. The average Bonchev–Trinajstić information content (AvgIpc) is 3.34. The van der Waals surface area contributed by atoms with Crippen LogP contribution in [0.15, 0.2) is 61.2 Å². The van der Waals surface area contributed by atoms with E-state index >= 15 is 0 Å². The first-order valence-corrected chi connectivity index (χ1v) is 13.0. The molecule has 4 rings (SSSR count).